The molecule has 0 radical (unpaired) electrons. The molecule has 2 amide bonds. The van der Waals surface area contributed by atoms with E-state index in [1.54, 1.807) is 28.6 Å². The second-order valence-corrected chi connectivity index (χ2v) is 7.00. The predicted molar refractivity (Wildman–Crippen MR) is 87.4 cm³/mol. The number of amides is 2. The topological polar surface area (TPSA) is 58.2 Å². The van der Waals surface area contributed by atoms with Gasteiger partial charge in [-0.2, -0.15) is 0 Å². The van der Waals surface area contributed by atoms with E-state index in [1.165, 1.54) is 0 Å². The molecular weight excluding hydrogens is 280 g/mol. The van der Waals surface area contributed by atoms with Crippen molar-refractivity contribution >= 4 is 33.4 Å². The van der Waals surface area contributed by atoms with Gasteiger partial charge in [-0.05, 0) is 13.8 Å². The largest absolute Gasteiger partial charge is 0.359 e. The third-order valence-corrected chi connectivity index (χ3v) is 4.74. The Morgan fingerprint density at radius 3 is 2.16 bits per heavy atom. The summed E-state index contributed by atoms with van der Waals surface area (Å²) >= 11 is 0. The smallest absolute Gasteiger partial charge is 0.221 e. The van der Waals surface area contributed by atoms with Gasteiger partial charge in [0.05, 0.1) is 0 Å². The highest BCUT2D eigenvalue weighted by atomic mass is 33.1. The minimum atomic E-state index is 0.0586. The molecule has 0 saturated heterocycles. The summed E-state index contributed by atoms with van der Waals surface area (Å²) in [6, 6.07) is 0.195. The van der Waals surface area contributed by atoms with Crippen LogP contribution in [0.15, 0.2) is 0 Å². The lowest BCUT2D eigenvalue weighted by molar-refractivity contribution is -0.121. The van der Waals surface area contributed by atoms with E-state index >= 15 is 0 Å². The summed E-state index contributed by atoms with van der Waals surface area (Å²) in [5, 5.41) is 5.71. The van der Waals surface area contributed by atoms with Crippen LogP contribution in [0.3, 0.4) is 0 Å². The molecule has 6 heteroatoms. The van der Waals surface area contributed by atoms with Gasteiger partial charge >= 0.3 is 0 Å². The predicted octanol–water partition coefficient (Wildman–Crippen LogP) is 2.83. The van der Waals surface area contributed by atoms with Crippen molar-refractivity contribution in [1.29, 1.82) is 0 Å². The second-order valence-electron chi connectivity index (χ2n) is 4.08. The molecule has 0 spiro atoms. The van der Waals surface area contributed by atoms with Gasteiger partial charge in [-0.3, -0.25) is 9.59 Å². The van der Waals surface area contributed by atoms with Crippen LogP contribution in [-0.4, -0.2) is 35.9 Å². The maximum Gasteiger partial charge on any atom is 0.221 e. The van der Waals surface area contributed by atoms with Crippen LogP contribution in [0.2, 0.25) is 0 Å². The highest BCUT2D eigenvalue weighted by molar-refractivity contribution is 8.76. The van der Waals surface area contributed by atoms with Crippen LogP contribution >= 0.6 is 21.6 Å². The van der Waals surface area contributed by atoms with Crippen LogP contribution < -0.4 is 10.6 Å². The lowest BCUT2D eigenvalue weighted by Crippen LogP contribution is -2.31. The molecule has 0 aromatic heterocycles. The van der Waals surface area contributed by atoms with Crippen LogP contribution in [0.5, 0.6) is 0 Å². The minimum Gasteiger partial charge on any atom is -0.359 e. The molecule has 1 atom stereocenters. The van der Waals surface area contributed by atoms with Gasteiger partial charge in [-0.1, -0.05) is 42.4 Å². The molecule has 0 aromatic rings. The summed E-state index contributed by atoms with van der Waals surface area (Å²) < 4.78 is 0. The average molecular weight is 309 g/mol. The van der Waals surface area contributed by atoms with Gasteiger partial charge in [0.1, 0.15) is 0 Å². The normalized spacial score (nSPS) is 11.3. The molecule has 0 aliphatic rings. The molecule has 0 fully saturated rings. The Hall–Kier alpha value is -0.360. The molecule has 0 bridgehead atoms. The first kappa shape index (κ1) is 20.9. The van der Waals surface area contributed by atoms with E-state index in [9.17, 15) is 9.59 Å². The summed E-state index contributed by atoms with van der Waals surface area (Å²) in [7, 11) is 4.94. The van der Waals surface area contributed by atoms with Crippen LogP contribution in [0.1, 0.15) is 47.5 Å². The first-order valence-electron chi connectivity index (χ1n) is 6.74. The Balaban J connectivity index is 0. The molecule has 0 heterocycles. The van der Waals surface area contributed by atoms with Crippen molar-refractivity contribution < 1.29 is 9.59 Å². The van der Waals surface area contributed by atoms with Crippen LogP contribution in [0.4, 0.5) is 0 Å². The zero-order valence-electron chi connectivity index (χ0n) is 12.9. The summed E-state index contributed by atoms with van der Waals surface area (Å²) in [6.07, 6.45) is 1.05. The lowest BCUT2D eigenvalue weighted by atomic mass is 10.3. The first-order chi connectivity index (χ1) is 8.95. The van der Waals surface area contributed by atoms with E-state index in [1.807, 2.05) is 34.6 Å². The fourth-order valence-corrected chi connectivity index (χ4v) is 3.36. The Morgan fingerprint density at radius 1 is 1.11 bits per heavy atom. The van der Waals surface area contributed by atoms with E-state index in [0.29, 0.717) is 12.8 Å². The quantitative estimate of drug-likeness (QED) is 0.535. The molecule has 2 N–H and O–H groups in total. The summed E-state index contributed by atoms with van der Waals surface area (Å²) in [5.41, 5.74) is 0. The van der Waals surface area contributed by atoms with Gasteiger partial charge in [0.15, 0.2) is 0 Å². The summed E-state index contributed by atoms with van der Waals surface area (Å²) in [5.74, 6) is 0.927. The van der Waals surface area contributed by atoms with Crippen molar-refractivity contribution in [1.82, 2.24) is 10.6 Å². The molecular formula is C13H28N2O2S2. The Bertz CT molecular complexity index is 249. The fourth-order valence-electron chi connectivity index (χ4n) is 1.10. The molecule has 0 saturated carbocycles. The third-order valence-electron chi connectivity index (χ3n) is 1.85. The Morgan fingerprint density at radius 2 is 1.68 bits per heavy atom. The molecule has 4 nitrogen and oxygen atoms in total. The van der Waals surface area contributed by atoms with Gasteiger partial charge < -0.3 is 10.6 Å². The number of hydrogen-bond acceptors (Lipinski definition) is 4. The van der Waals surface area contributed by atoms with Crippen molar-refractivity contribution in [2.45, 2.75) is 58.8 Å². The van der Waals surface area contributed by atoms with E-state index in [4.69, 9.17) is 0 Å². The fraction of sp³-hybridized carbons (Fsp3) is 0.846. The Kier molecular flexibility index (Phi) is 15.5. The first-order valence-corrected chi connectivity index (χ1v) is 9.12. The van der Waals surface area contributed by atoms with Gasteiger partial charge in [0, 0.05) is 36.9 Å². The van der Waals surface area contributed by atoms with Crippen molar-refractivity contribution in [3.05, 3.63) is 0 Å². The van der Waals surface area contributed by atoms with Gasteiger partial charge in [-0.15, -0.1) is 0 Å². The molecule has 0 aromatic carbocycles. The molecule has 114 valence electrons. The number of carbonyl (C=O) groups excluding carboxylic acids is 2. The Labute approximate surface area is 125 Å². The van der Waals surface area contributed by atoms with Crippen LogP contribution in [-0.2, 0) is 9.59 Å². The molecule has 0 rings (SSSR count). The van der Waals surface area contributed by atoms with Gasteiger partial charge in [0.25, 0.3) is 0 Å². The van der Waals surface area contributed by atoms with E-state index in [-0.39, 0.29) is 23.1 Å². The summed E-state index contributed by atoms with van der Waals surface area (Å²) in [4.78, 5) is 22.4. The highest BCUT2D eigenvalue weighted by Crippen LogP contribution is 2.28. The average Bonchev–Trinajstić information content (AvgIpc) is 2.35. The second kappa shape index (κ2) is 14.1. The molecule has 0 aliphatic carbocycles. The number of carbonyl (C=O) groups is 2. The van der Waals surface area contributed by atoms with E-state index in [2.05, 4.69) is 10.6 Å². The SMILES string of the molecule is CC.CNC(=O)CCSSC(C)CC(=O)NC(C)C. The zero-order valence-corrected chi connectivity index (χ0v) is 14.5. The minimum absolute atomic E-state index is 0.0586. The molecule has 1 unspecified atom stereocenters. The lowest BCUT2D eigenvalue weighted by Gasteiger charge is -2.12. The third kappa shape index (κ3) is 15.6. The number of nitrogens with one attached hydrogen (secondary N) is 2. The highest BCUT2D eigenvalue weighted by Gasteiger charge is 2.10. The van der Waals surface area contributed by atoms with Crippen molar-refractivity contribution in [2.24, 2.45) is 0 Å². The number of hydrogen-bond donors (Lipinski definition) is 2. The van der Waals surface area contributed by atoms with Crippen LogP contribution in [0, 0.1) is 0 Å². The number of rotatable bonds is 8. The van der Waals surface area contributed by atoms with Gasteiger partial charge in [-0.25, -0.2) is 0 Å². The van der Waals surface area contributed by atoms with Gasteiger partial charge in [0.2, 0.25) is 11.8 Å². The van der Waals surface area contributed by atoms with Crippen LogP contribution in [0.25, 0.3) is 0 Å². The van der Waals surface area contributed by atoms with Crippen molar-refractivity contribution in [2.75, 3.05) is 12.8 Å². The molecule has 0 aliphatic heterocycles. The molecule has 19 heavy (non-hydrogen) atoms. The van der Waals surface area contributed by atoms with Crippen molar-refractivity contribution in [3.8, 4) is 0 Å². The summed E-state index contributed by atoms with van der Waals surface area (Å²) in [6.45, 7) is 9.93. The standard InChI is InChI=1S/C11H22N2O2S2.C2H6/c1-8(2)13-11(15)7-9(3)17-16-6-5-10(14)12-4;1-2/h8-9H,5-7H2,1-4H3,(H,12,14)(H,13,15);1-2H3. The van der Waals surface area contributed by atoms with E-state index in [0.717, 1.165) is 5.75 Å². The van der Waals surface area contributed by atoms with Crippen molar-refractivity contribution in [3.63, 3.8) is 0 Å². The monoisotopic (exact) mass is 308 g/mol. The maximum absolute atomic E-state index is 11.5. The van der Waals surface area contributed by atoms with E-state index < -0.39 is 0 Å². The zero-order chi connectivity index (χ0) is 15.3. The maximum atomic E-state index is 11.5.